The highest BCUT2D eigenvalue weighted by Gasteiger charge is 2.34. The molecule has 7 rings (SSSR count). The van der Waals surface area contributed by atoms with Crippen molar-refractivity contribution in [2.75, 3.05) is 21.5 Å². The number of para-hydroxylation sites is 1. The number of allylic oxidation sites excluding steroid dienone is 2. The highest BCUT2D eigenvalue weighted by Crippen LogP contribution is 2.31. The summed E-state index contributed by atoms with van der Waals surface area (Å²) < 4.78 is 102. The largest absolute Gasteiger partial charge is 0.323 e. The molecule has 0 saturated heterocycles. The summed E-state index contributed by atoms with van der Waals surface area (Å²) in [5.41, 5.74) is 5.75. The highest BCUT2D eigenvalue weighted by atomic mass is 32.2. The van der Waals surface area contributed by atoms with Crippen LogP contribution in [0.5, 0.6) is 0 Å². The van der Waals surface area contributed by atoms with Gasteiger partial charge < -0.3 is 10.6 Å². The minimum atomic E-state index is -5.03. The first-order valence-corrected chi connectivity index (χ1v) is 21.2. The van der Waals surface area contributed by atoms with Crippen molar-refractivity contribution in [2.24, 2.45) is 10.2 Å². The quantitative estimate of drug-likeness (QED) is 0.0679. The predicted molar refractivity (Wildman–Crippen MR) is 220 cm³/mol. The van der Waals surface area contributed by atoms with Gasteiger partial charge in [-0.05, 0) is 113 Å². The van der Waals surface area contributed by atoms with Crippen LogP contribution in [0.1, 0.15) is 37.4 Å². The second-order valence-electron chi connectivity index (χ2n) is 13.0. The van der Waals surface area contributed by atoms with E-state index >= 15 is 0 Å². The lowest BCUT2D eigenvalue weighted by molar-refractivity contribution is 0.105. The van der Waals surface area contributed by atoms with Crippen LogP contribution in [0.3, 0.4) is 0 Å². The Labute approximate surface area is 335 Å². The van der Waals surface area contributed by atoms with Crippen molar-refractivity contribution >= 4 is 105 Å². The van der Waals surface area contributed by atoms with E-state index in [9.17, 15) is 53.3 Å². The van der Waals surface area contributed by atoms with E-state index in [1.54, 1.807) is 31.2 Å². The van der Waals surface area contributed by atoms with Crippen LogP contribution in [0.15, 0.2) is 122 Å². The zero-order valence-corrected chi connectivity index (χ0v) is 32.5. The van der Waals surface area contributed by atoms with E-state index in [1.165, 1.54) is 72.8 Å². The van der Waals surface area contributed by atoms with E-state index in [1.807, 2.05) is 0 Å². The number of nitrogens with zero attached hydrogens (tertiary/aromatic N) is 2. The maximum Gasteiger partial charge on any atom is 0.323 e. The molecule has 0 aromatic heterocycles. The summed E-state index contributed by atoms with van der Waals surface area (Å²) in [5, 5.41) is 13.9. The van der Waals surface area contributed by atoms with E-state index in [2.05, 4.69) is 31.7 Å². The van der Waals surface area contributed by atoms with Crippen molar-refractivity contribution in [3.63, 3.8) is 0 Å². The van der Waals surface area contributed by atoms with E-state index < -0.39 is 69.2 Å². The number of anilines is 4. The standard InChI is InChI=1S/C38H28N6O12S3/c1-20-4-2-3-5-31(20)42-44-35-33(59(54,55)56)19-24-16-26(10-13-30(24)37(35)46)40-38(47)39-25-9-12-29-23(15-25)18-32(58(51,52)53)34(36(29)45)43-41-27-8-6-22-17-28(57(48,49)50)11-7-21(22)14-27/h2-19,41-42H,1H3,(H2,39,40,47)(H,48,49,50)(H,51,52,53)(H,54,55,56)/b43-34+,44-35-. The lowest BCUT2D eigenvalue weighted by Crippen LogP contribution is -2.27. The Kier molecular flexibility index (Phi) is 10.3. The van der Waals surface area contributed by atoms with Crippen molar-refractivity contribution in [1.29, 1.82) is 0 Å². The third-order valence-electron chi connectivity index (χ3n) is 8.97. The normalized spacial score (nSPS) is 15.6. The topological polar surface area (TPSA) is 287 Å². The fourth-order valence-electron chi connectivity index (χ4n) is 6.12. The molecule has 18 nitrogen and oxygen atoms in total. The average Bonchev–Trinajstić information content (AvgIpc) is 3.16. The Morgan fingerprint density at radius 2 is 1.05 bits per heavy atom. The smallest absolute Gasteiger partial charge is 0.308 e. The molecule has 0 heterocycles. The number of hydrazone groups is 2. The predicted octanol–water partition coefficient (Wildman–Crippen LogP) is 5.83. The molecule has 0 unspecified atom stereocenters. The highest BCUT2D eigenvalue weighted by molar-refractivity contribution is 7.91. The number of amides is 2. The molecule has 0 saturated carbocycles. The van der Waals surface area contributed by atoms with Crippen molar-refractivity contribution < 1.29 is 53.3 Å². The first-order chi connectivity index (χ1) is 27.8. The Balaban J connectivity index is 1.09. The number of Topliss-reactive ketones (excluding diaryl/α,β-unsaturated/α-hetero) is 2. The van der Waals surface area contributed by atoms with Gasteiger partial charge in [-0.25, -0.2) is 4.79 Å². The molecule has 0 fully saturated rings. The number of nitrogens with one attached hydrogen (secondary N) is 4. The summed E-state index contributed by atoms with van der Waals surface area (Å²) >= 11 is 0. The van der Waals surface area contributed by atoms with Gasteiger partial charge in [0.2, 0.25) is 11.6 Å². The minimum absolute atomic E-state index is 0.00396. The summed E-state index contributed by atoms with van der Waals surface area (Å²) in [7, 11) is -14.4. The summed E-state index contributed by atoms with van der Waals surface area (Å²) in [6.45, 7) is 1.77. The van der Waals surface area contributed by atoms with Gasteiger partial charge in [-0.3, -0.25) is 34.1 Å². The maximum absolute atomic E-state index is 13.5. The molecule has 21 heteroatoms. The molecule has 2 aliphatic rings. The number of hydrogen-bond donors (Lipinski definition) is 7. The monoisotopic (exact) mass is 856 g/mol. The third-order valence-corrected chi connectivity index (χ3v) is 11.6. The number of fused-ring (bicyclic) bond motifs is 3. The van der Waals surface area contributed by atoms with Gasteiger partial charge in [-0.15, -0.1) is 0 Å². The number of hydrogen-bond acceptors (Lipinski definition) is 13. The summed E-state index contributed by atoms with van der Waals surface area (Å²) in [6, 6.07) is 22.3. The van der Waals surface area contributed by atoms with Crippen LogP contribution < -0.4 is 21.5 Å². The van der Waals surface area contributed by atoms with Crippen LogP contribution in [0.2, 0.25) is 0 Å². The first-order valence-electron chi connectivity index (χ1n) is 16.9. The van der Waals surface area contributed by atoms with E-state index in [-0.39, 0.29) is 44.2 Å². The molecule has 2 aliphatic carbocycles. The van der Waals surface area contributed by atoms with Gasteiger partial charge in [0.05, 0.1) is 16.3 Å². The number of carbonyl (C=O) groups is 3. The van der Waals surface area contributed by atoms with E-state index in [0.29, 0.717) is 16.5 Å². The molecule has 7 N–H and O–H groups in total. The third kappa shape index (κ3) is 8.55. The van der Waals surface area contributed by atoms with Gasteiger partial charge in [0.1, 0.15) is 9.81 Å². The molecule has 2 amide bonds. The Morgan fingerprint density at radius 1 is 0.559 bits per heavy atom. The van der Waals surface area contributed by atoms with Crippen molar-refractivity contribution in [1.82, 2.24) is 0 Å². The van der Waals surface area contributed by atoms with Gasteiger partial charge in [-0.1, -0.05) is 30.3 Å². The van der Waals surface area contributed by atoms with Crippen LogP contribution in [0, 0.1) is 6.92 Å². The van der Waals surface area contributed by atoms with Gasteiger partial charge in [-0.2, -0.15) is 35.5 Å². The molecule has 0 aliphatic heterocycles. The Bertz CT molecular complexity index is 3160. The van der Waals surface area contributed by atoms with Crippen LogP contribution in [0.25, 0.3) is 22.9 Å². The molecule has 59 heavy (non-hydrogen) atoms. The van der Waals surface area contributed by atoms with Crippen molar-refractivity contribution in [3.05, 3.63) is 135 Å². The lowest BCUT2D eigenvalue weighted by atomic mass is 9.94. The molecule has 0 spiro atoms. The van der Waals surface area contributed by atoms with Crippen LogP contribution >= 0.6 is 0 Å². The number of benzene rings is 5. The second kappa shape index (κ2) is 15.1. The van der Waals surface area contributed by atoms with Crippen LogP contribution in [-0.2, 0) is 30.4 Å². The molecule has 5 aromatic rings. The fraction of sp³-hybridized carbons (Fsp3) is 0.0263. The number of aryl methyl sites for hydroxylation is 1. The van der Waals surface area contributed by atoms with Gasteiger partial charge in [0, 0.05) is 22.5 Å². The van der Waals surface area contributed by atoms with Crippen LogP contribution in [-0.4, -0.2) is 67.9 Å². The van der Waals surface area contributed by atoms with Gasteiger partial charge in [0.25, 0.3) is 30.4 Å². The molecule has 5 aromatic carbocycles. The number of rotatable bonds is 9. The molecule has 300 valence electrons. The molecule has 0 bridgehead atoms. The Hall–Kier alpha value is -6.88. The van der Waals surface area contributed by atoms with Crippen molar-refractivity contribution in [3.8, 4) is 0 Å². The number of urea groups is 1. The van der Waals surface area contributed by atoms with Gasteiger partial charge in [0.15, 0.2) is 11.4 Å². The SMILES string of the molecule is Cc1ccccc1N/N=C1\C(=O)c2ccc(NC(=O)Nc3ccc4c(c3)C=C(S(=O)(=O)O)/C(=N\Nc3ccc5cc(S(=O)(=O)O)ccc5c3)C4=O)cc2C=C1S(=O)(=O)O. The van der Waals surface area contributed by atoms with E-state index in [0.717, 1.165) is 17.7 Å². The number of carbonyl (C=O) groups excluding carboxylic acids is 3. The minimum Gasteiger partial charge on any atom is -0.308 e. The van der Waals surface area contributed by atoms with Crippen molar-refractivity contribution in [2.45, 2.75) is 11.8 Å². The lowest BCUT2D eigenvalue weighted by Gasteiger charge is -2.18. The first kappa shape index (κ1) is 40.3. The second-order valence-corrected chi connectivity index (χ2v) is 17.2. The average molecular weight is 857 g/mol. The molecular weight excluding hydrogens is 829 g/mol. The van der Waals surface area contributed by atoms with Crippen LogP contribution in [0.4, 0.5) is 27.5 Å². The summed E-state index contributed by atoms with van der Waals surface area (Å²) in [6.07, 6.45) is 2.02. The zero-order valence-electron chi connectivity index (χ0n) is 30.0. The molecule has 0 radical (unpaired) electrons. The fourth-order valence-corrected chi connectivity index (χ4v) is 7.95. The zero-order chi connectivity index (χ0) is 42.4. The van der Waals surface area contributed by atoms with Gasteiger partial charge >= 0.3 is 6.03 Å². The van der Waals surface area contributed by atoms with E-state index in [4.69, 9.17) is 0 Å². The summed E-state index contributed by atoms with van der Waals surface area (Å²) in [5.74, 6) is -1.71. The maximum atomic E-state index is 13.5. The molecule has 0 atom stereocenters. The molecular formula is C38H28N6O12S3. The number of ketones is 2. The Morgan fingerprint density at radius 3 is 1.58 bits per heavy atom. The summed E-state index contributed by atoms with van der Waals surface area (Å²) in [4.78, 5) is 38.0.